The van der Waals surface area contributed by atoms with Gasteiger partial charge in [-0.25, -0.2) is 0 Å². The van der Waals surface area contributed by atoms with Crippen LogP contribution in [0.2, 0.25) is 0 Å². The Labute approximate surface area is 203 Å². The standard InChI is InChI=1S/C27H40N4O3/c1-19(26(32)28-13-16-30(2)22-7-5-4-6-8-22)20-11-14-31(15-12-20)27(33)25-17-21-9-10-23(34-3)18-24(21)29-25/h9-10,17-20,22,29H,4-8,11-16H2,1-3H3,(H,28,32)/t19-/m0/s1. The number of amides is 2. The molecule has 7 heteroatoms. The third-order valence-electron chi connectivity index (χ3n) is 7.97. The van der Waals surface area contributed by atoms with E-state index in [1.807, 2.05) is 36.1 Å². The number of hydrogen-bond donors (Lipinski definition) is 2. The van der Waals surface area contributed by atoms with Gasteiger partial charge in [-0.3, -0.25) is 9.59 Å². The summed E-state index contributed by atoms with van der Waals surface area (Å²) in [6.45, 7) is 5.02. The summed E-state index contributed by atoms with van der Waals surface area (Å²) in [5.74, 6) is 1.22. The molecular weight excluding hydrogens is 428 g/mol. The van der Waals surface area contributed by atoms with Gasteiger partial charge in [0.2, 0.25) is 5.91 Å². The van der Waals surface area contributed by atoms with Gasteiger partial charge in [0.05, 0.1) is 7.11 Å². The Morgan fingerprint density at radius 3 is 2.59 bits per heavy atom. The molecule has 1 aromatic heterocycles. The van der Waals surface area contributed by atoms with Crippen molar-refractivity contribution in [2.75, 3.05) is 40.3 Å². The van der Waals surface area contributed by atoms with Crippen LogP contribution in [0.4, 0.5) is 0 Å². The average Bonchev–Trinajstić information content (AvgIpc) is 3.31. The van der Waals surface area contributed by atoms with Crippen LogP contribution in [-0.2, 0) is 4.79 Å². The molecule has 1 aliphatic heterocycles. The van der Waals surface area contributed by atoms with Crippen LogP contribution in [0.1, 0.15) is 62.4 Å². The molecule has 1 saturated carbocycles. The molecular formula is C27H40N4O3. The topological polar surface area (TPSA) is 77.7 Å². The predicted molar refractivity (Wildman–Crippen MR) is 135 cm³/mol. The van der Waals surface area contributed by atoms with E-state index in [0.29, 0.717) is 37.3 Å². The lowest BCUT2D eigenvalue weighted by atomic mass is 9.84. The fourth-order valence-electron chi connectivity index (χ4n) is 5.56. The Hall–Kier alpha value is -2.54. The minimum absolute atomic E-state index is 0.0245. The molecule has 186 valence electrons. The Kier molecular flexibility index (Phi) is 8.14. The Morgan fingerprint density at radius 1 is 1.15 bits per heavy atom. The van der Waals surface area contributed by atoms with Crippen molar-refractivity contribution in [3.8, 4) is 5.75 Å². The van der Waals surface area contributed by atoms with Crippen molar-refractivity contribution in [1.29, 1.82) is 0 Å². The zero-order valence-electron chi connectivity index (χ0n) is 20.9. The van der Waals surface area contributed by atoms with E-state index in [-0.39, 0.29) is 17.7 Å². The molecule has 1 saturated heterocycles. The van der Waals surface area contributed by atoms with Gasteiger partial charge in [-0.05, 0) is 56.8 Å². The second-order valence-electron chi connectivity index (χ2n) is 10.1. The number of benzene rings is 1. The van der Waals surface area contributed by atoms with E-state index in [2.05, 4.69) is 22.2 Å². The van der Waals surface area contributed by atoms with E-state index < -0.39 is 0 Å². The first kappa shape index (κ1) is 24.6. The molecule has 0 radical (unpaired) electrons. The van der Waals surface area contributed by atoms with E-state index >= 15 is 0 Å². The number of ether oxygens (including phenoxy) is 1. The van der Waals surface area contributed by atoms with Crippen molar-refractivity contribution in [2.24, 2.45) is 11.8 Å². The predicted octanol–water partition coefficient (Wildman–Crippen LogP) is 4.05. The Bertz CT molecular complexity index is 973. The van der Waals surface area contributed by atoms with E-state index in [9.17, 15) is 9.59 Å². The summed E-state index contributed by atoms with van der Waals surface area (Å²) in [4.78, 5) is 33.4. The number of H-pyrrole nitrogens is 1. The van der Waals surface area contributed by atoms with E-state index in [1.54, 1.807) is 7.11 Å². The number of carbonyl (C=O) groups is 2. The first-order chi connectivity index (χ1) is 16.5. The normalized spacial score (nSPS) is 18.9. The summed E-state index contributed by atoms with van der Waals surface area (Å²) in [6, 6.07) is 8.34. The summed E-state index contributed by atoms with van der Waals surface area (Å²) in [7, 11) is 3.82. The van der Waals surface area contributed by atoms with Gasteiger partial charge in [-0.1, -0.05) is 26.2 Å². The first-order valence-corrected chi connectivity index (χ1v) is 12.9. The monoisotopic (exact) mass is 468 g/mol. The van der Waals surface area contributed by atoms with Gasteiger partial charge in [-0.2, -0.15) is 0 Å². The van der Waals surface area contributed by atoms with E-state index in [4.69, 9.17) is 4.74 Å². The molecule has 34 heavy (non-hydrogen) atoms. The molecule has 2 aliphatic rings. The van der Waals surface area contributed by atoms with Gasteiger partial charge in [0.1, 0.15) is 11.4 Å². The van der Waals surface area contributed by atoms with Crippen LogP contribution in [0, 0.1) is 11.8 Å². The number of hydrogen-bond acceptors (Lipinski definition) is 4. The number of methoxy groups -OCH3 is 1. The first-order valence-electron chi connectivity index (χ1n) is 12.9. The zero-order valence-corrected chi connectivity index (χ0v) is 20.9. The minimum Gasteiger partial charge on any atom is -0.497 e. The molecule has 4 rings (SSSR count). The maximum absolute atomic E-state index is 13.0. The quantitative estimate of drug-likeness (QED) is 0.613. The second-order valence-corrected chi connectivity index (χ2v) is 10.1. The number of likely N-dealkylation sites (N-methyl/N-ethyl adjacent to an activating group) is 1. The number of aromatic nitrogens is 1. The molecule has 2 heterocycles. The summed E-state index contributed by atoms with van der Waals surface area (Å²) in [5.41, 5.74) is 1.51. The van der Waals surface area contributed by atoms with Crippen LogP contribution < -0.4 is 10.1 Å². The van der Waals surface area contributed by atoms with Crippen molar-refractivity contribution in [1.82, 2.24) is 20.1 Å². The maximum Gasteiger partial charge on any atom is 0.270 e. The minimum atomic E-state index is -0.0298. The van der Waals surface area contributed by atoms with Crippen molar-refractivity contribution >= 4 is 22.7 Å². The lowest BCUT2D eigenvalue weighted by Crippen LogP contribution is -2.44. The number of nitrogens with one attached hydrogen (secondary N) is 2. The van der Waals surface area contributed by atoms with Crippen LogP contribution in [0.15, 0.2) is 24.3 Å². The summed E-state index contributed by atoms with van der Waals surface area (Å²) < 4.78 is 5.28. The van der Waals surface area contributed by atoms with Gasteiger partial charge in [0.15, 0.2) is 0 Å². The largest absolute Gasteiger partial charge is 0.497 e. The van der Waals surface area contributed by atoms with Crippen molar-refractivity contribution in [3.63, 3.8) is 0 Å². The van der Waals surface area contributed by atoms with Crippen molar-refractivity contribution in [2.45, 2.75) is 57.9 Å². The molecule has 1 atom stereocenters. The van der Waals surface area contributed by atoms with Gasteiger partial charge in [-0.15, -0.1) is 0 Å². The summed E-state index contributed by atoms with van der Waals surface area (Å²) in [6.07, 6.45) is 8.30. The second kappa shape index (κ2) is 11.3. The lowest BCUT2D eigenvalue weighted by Gasteiger charge is -2.34. The number of fused-ring (bicyclic) bond motifs is 1. The van der Waals surface area contributed by atoms with Crippen molar-refractivity contribution in [3.05, 3.63) is 30.0 Å². The molecule has 0 spiro atoms. The van der Waals surface area contributed by atoms with Gasteiger partial charge in [0, 0.05) is 55.1 Å². The molecule has 2 fully saturated rings. The van der Waals surface area contributed by atoms with Gasteiger partial charge >= 0.3 is 0 Å². The lowest BCUT2D eigenvalue weighted by molar-refractivity contribution is -0.126. The molecule has 0 unspecified atom stereocenters. The number of likely N-dealkylation sites (tertiary alicyclic amines) is 1. The number of carbonyl (C=O) groups excluding carboxylic acids is 2. The highest BCUT2D eigenvalue weighted by atomic mass is 16.5. The van der Waals surface area contributed by atoms with Crippen molar-refractivity contribution < 1.29 is 14.3 Å². The zero-order chi connectivity index (χ0) is 24.1. The molecule has 0 bridgehead atoms. The van der Waals surface area contributed by atoms with Crippen LogP contribution >= 0.6 is 0 Å². The highest BCUT2D eigenvalue weighted by molar-refractivity contribution is 5.98. The van der Waals surface area contributed by atoms with Crippen LogP contribution in [0.3, 0.4) is 0 Å². The number of piperidine rings is 1. The number of rotatable bonds is 8. The Balaban J connectivity index is 1.22. The molecule has 7 nitrogen and oxygen atoms in total. The summed E-state index contributed by atoms with van der Waals surface area (Å²) >= 11 is 0. The third kappa shape index (κ3) is 5.74. The third-order valence-corrected chi connectivity index (χ3v) is 7.97. The summed E-state index contributed by atoms with van der Waals surface area (Å²) in [5, 5.41) is 4.16. The van der Waals surface area contributed by atoms with Crippen LogP contribution in [0.5, 0.6) is 5.75 Å². The van der Waals surface area contributed by atoms with Crippen LogP contribution in [-0.4, -0.2) is 73.0 Å². The molecule has 2 aromatic rings. The smallest absolute Gasteiger partial charge is 0.270 e. The fourth-order valence-corrected chi connectivity index (χ4v) is 5.56. The van der Waals surface area contributed by atoms with Gasteiger partial charge in [0.25, 0.3) is 5.91 Å². The van der Waals surface area contributed by atoms with Crippen LogP contribution in [0.25, 0.3) is 10.9 Å². The molecule has 2 N–H and O–H groups in total. The Morgan fingerprint density at radius 2 is 1.88 bits per heavy atom. The number of nitrogens with zero attached hydrogens (tertiary/aromatic N) is 2. The molecule has 1 aromatic carbocycles. The molecule has 1 aliphatic carbocycles. The SMILES string of the molecule is COc1ccc2cc(C(=O)N3CCC([C@H](C)C(=O)NCCN(C)C4CCCCC4)CC3)[nH]c2c1. The highest BCUT2D eigenvalue weighted by Crippen LogP contribution is 2.27. The van der Waals surface area contributed by atoms with Gasteiger partial charge < -0.3 is 24.8 Å². The average molecular weight is 469 g/mol. The van der Waals surface area contributed by atoms with E-state index in [0.717, 1.165) is 36.0 Å². The highest BCUT2D eigenvalue weighted by Gasteiger charge is 2.30. The maximum atomic E-state index is 13.0. The number of aromatic amines is 1. The van der Waals surface area contributed by atoms with E-state index in [1.165, 1.54) is 32.1 Å². The fraction of sp³-hybridized carbons (Fsp3) is 0.630. The molecule has 2 amide bonds.